The van der Waals surface area contributed by atoms with E-state index in [1.165, 1.54) is 0 Å². The Morgan fingerprint density at radius 2 is 2.06 bits per heavy atom. The molecule has 0 fully saturated rings. The Labute approximate surface area is 92.9 Å². The van der Waals surface area contributed by atoms with Gasteiger partial charge in [0.25, 0.3) is 0 Å². The maximum absolute atomic E-state index is 5.33. The van der Waals surface area contributed by atoms with Crippen molar-refractivity contribution in [3.63, 3.8) is 0 Å². The van der Waals surface area contributed by atoms with Crippen LogP contribution in [0.25, 0.3) is 11.3 Å². The van der Waals surface area contributed by atoms with Crippen molar-refractivity contribution in [3.8, 4) is 22.8 Å². The van der Waals surface area contributed by atoms with Crippen molar-refractivity contribution < 1.29 is 9.47 Å². The van der Waals surface area contributed by atoms with Crippen molar-refractivity contribution in [1.82, 2.24) is 9.97 Å². The molecule has 1 aromatic carbocycles. The summed E-state index contributed by atoms with van der Waals surface area (Å²) in [6.45, 7) is 2.28. The highest BCUT2D eigenvalue weighted by molar-refractivity contribution is 5.66. The third kappa shape index (κ3) is 1.39. The predicted molar refractivity (Wildman–Crippen MR) is 58.3 cm³/mol. The molecule has 80 valence electrons. The first-order chi connectivity index (χ1) is 7.84. The summed E-state index contributed by atoms with van der Waals surface area (Å²) >= 11 is 0. The van der Waals surface area contributed by atoms with Gasteiger partial charge in [-0.3, -0.25) is 0 Å². The number of fused-ring (bicyclic) bond motifs is 1. The highest BCUT2D eigenvalue weighted by atomic mass is 16.7. The molecule has 0 radical (unpaired) electrons. The second-order valence-corrected chi connectivity index (χ2v) is 3.62. The lowest BCUT2D eigenvalue weighted by molar-refractivity contribution is 0.174. The van der Waals surface area contributed by atoms with Crippen molar-refractivity contribution in [2.75, 3.05) is 6.79 Å². The summed E-state index contributed by atoms with van der Waals surface area (Å²) in [5, 5.41) is 0. The number of aryl methyl sites for hydroxylation is 1. The first-order valence-corrected chi connectivity index (χ1v) is 5.01. The topological polar surface area (TPSA) is 44.2 Å². The minimum atomic E-state index is 0.293. The zero-order chi connectivity index (χ0) is 11.0. The lowest BCUT2D eigenvalue weighted by atomic mass is 10.1. The molecule has 0 aliphatic carbocycles. The van der Waals surface area contributed by atoms with E-state index in [2.05, 4.69) is 9.97 Å². The third-order valence-electron chi connectivity index (χ3n) is 2.54. The lowest BCUT2D eigenvalue weighted by Gasteiger charge is -2.04. The summed E-state index contributed by atoms with van der Waals surface area (Å²) in [6, 6.07) is 5.82. The van der Waals surface area contributed by atoms with Crippen molar-refractivity contribution in [2.24, 2.45) is 0 Å². The molecule has 0 unspecified atom stereocenters. The molecule has 0 N–H and O–H groups in total. The number of benzene rings is 1. The van der Waals surface area contributed by atoms with E-state index in [9.17, 15) is 0 Å². The van der Waals surface area contributed by atoms with E-state index in [-0.39, 0.29) is 0 Å². The number of hydrogen-bond donors (Lipinski definition) is 0. The first-order valence-electron chi connectivity index (χ1n) is 5.01. The van der Waals surface area contributed by atoms with Gasteiger partial charge >= 0.3 is 0 Å². The minimum absolute atomic E-state index is 0.293. The summed E-state index contributed by atoms with van der Waals surface area (Å²) in [5.41, 5.74) is 2.99. The number of nitrogens with zero attached hydrogens (tertiary/aromatic N) is 2. The van der Waals surface area contributed by atoms with Gasteiger partial charge in [-0.05, 0) is 30.7 Å². The van der Waals surface area contributed by atoms with E-state index < -0.39 is 0 Å². The summed E-state index contributed by atoms with van der Waals surface area (Å²) < 4.78 is 10.6. The van der Waals surface area contributed by atoms with Crippen LogP contribution in [0.4, 0.5) is 0 Å². The molecular formula is C12H10N2O2. The summed E-state index contributed by atoms with van der Waals surface area (Å²) in [5.74, 6) is 1.56. The second-order valence-electron chi connectivity index (χ2n) is 3.62. The first kappa shape index (κ1) is 9.15. The van der Waals surface area contributed by atoms with Gasteiger partial charge in [0.2, 0.25) is 6.79 Å². The van der Waals surface area contributed by atoms with E-state index in [1.807, 2.05) is 25.1 Å². The molecule has 0 atom stereocenters. The summed E-state index contributed by atoms with van der Waals surface area (Å²) in [6.07, 6.45) is 3.35. The van der Waals surface area contributed by atoms with Crippen LogP contribution in [0, 0.1) is 6.92 Å². The third-order valence-corrected chi connectivity index (χ3v) is 2.54. The maximum atomic E-state index is 5.33. The average Bonchev–Trinajstić information content (AvgIpc) is 2.76. The lowest BCUT2D eigenvalue weighted by Crippen LogP contribution is -1.93. The normalized spacial score (nSPS) is 12.8. The number of ether oxygens (including phenoxy) is 2. The minimum Gasteiger partial charge on any atom is -0.454 e. The zero-order valence-corrected chi connectivity index (χ0v) is 8.80. The molecule has 2 heterocycles. The molecule has 0 saturated heterocycles. The van der Waals surface area contributed by atoms with Crippen molar-refractivity contribution >= 4 is 0 Å². The molecule has 2 aromatic rings. The fourth-order valence-corrected chi connectivity index (χ4v) is 1.75. The largest absolute Gasteiger partial charge is 0.454 e. The smallest absolute Gasteiger partial charge is 0.231 e. The average molecular weight is 214 g/mol. The van der Waals surface area contributed by atoms with Crippen LogP contribution in [0.15, 0.2) is 30.7 Å². The molecular weight excluding hydrogens is 204 g/mol. The molecule has 4 nitrogen and oxygen atoms in total. The van der Waals surface area contributed by atoms with Gasteiger partial charge in [-0.2, -0.15) is 0 Å². The molecule has 3 rings (SSSR count). The molecule has 4 heteroatoms. The van der Waals surface area contributed by atoms with Gasteiger partial charge in [0.1, 0.15) is 6.33 Å². The Morgan fingerprint density at radius 1 is 1.19 bits per heavy atom. The number of rotatable bonds is 1. The van der Waals surface area contributed by atoms with Crippen LogP contribution >= 0.6 is 0 Å². The van der Waals surface area contributed by atoms with Crippen LogP contribution in [0.5, 0.6) is 11.5 Å². The highest BCUT2D eigenvalue weighted by Gasteiger charge is 2.14. The standard InChI is InChI=1S/C12H10N2O2/c1-8-5-13-6-14-12(8)9-2-3-10-11(4-9)16-7-15-10/h2-6H,7H2,1H3. The SMILES string of the molecule is Cc1cncnc1-c1ccc2c(c1)OCO2. The van der Waals surface area contributed by atoms with Crippen molar-refractivity contribution in [1.29, 1.82) is 0 Å². The van der Waals surface area contributed by atoms with Crippen LogP contribution < -0.4 is 9.47 Å². The molecule has 0 amide bonds. The number of hydrogen-bond acceptors (Lipinski definition) is 4. The Hall–Kier alpha value is -2.10. The van der Waals surface area contributed by atoms with E-state index in [1.54, 1.807) is 12.5 Å². The Kier molecular flexibility index (Phi) is 1.99. The van der Waals surface area contributed by atoms with Crippen LogP contribution in [-0.2, 0) is 0 Å². The Balaban J connectivity index is 2.11. The highest BCUT2D eigenvalue weighted by Crippen LogP contribution is 2.35. The number of aromatic nitrogens is 2. The predicted octanol–water partition coefficient (Wildman–Crippen LogP) is 2.18. The molecule has 1 aliphatic heterocycles. The Morgan fingerprint density at radius 3 is 2.94 bits per heavy atom. The fourth-order valence-electron chi connectivity index (χ4n) is 1.75. The molecule has 0 saturated carbocycles. The van der Waals surface area contributed by atoms with E-state index in [0.717, 1.165) is 28.3 Å². The van der Waals surface area contributed by atoms with Gasteiger partial charge in [-0.25, -0.2) is 9.97 Å². The Bertz CT molecular complexity index is 540. The van der Waals surface area contributed by atoms with Crippen molar-refractivity contribution in [3.05, 3.63) is 36.3 Å². The molecule has 16 heavy (non-hydrogen) atoms. The maximum Gasteiger partial charge on any atom is 0.231 e. The van der Waals surface area contributed by atoms with Crippen LogP contribution in [0.2, 0.25) is 0 Å². The van der Waals surface area contributed by atoms with Gasteiger partial charge in [0.05, 0.1) is 5.69 Å². The van der Waals surface area contributed by atoms with Gasteiger partial charge in [-0.15, -0.1) is 0 Å². The van der Waals surface area contributed by atoms with Crippen LogP contribution in [-0.4, -0.2) is 16.8 Å². The van der Waals surface area contributed by atoms with Gasteiger partial charge in [0, 0.05) is 11.8 Å². The second kappa shape index (κ2) is 3.48. The monoisotopic (exact) mass is 214 g/mol. The van der Waals surface area contributed by atoms with Gasteiger partial charge in [-0.1, -0.05) is 0 Å². The van der Waals surface area contributed by atoms with Crippen LogP contribution in [0.3, 0.4) is 0 Å². The molecule has 1 aliphatic rings. The summed E-state index contributed by atoms with van der Waals surface area (Å²) in [4.78, 5) is 8.24. The van der Waals surface area contributed by atoms with E-state index in [4.69, 9.17) is 9.47 Å². The molecule has 0 bridgehead atoms. The van der Waals surface area contributed by atoms with E-state index in [0.29, 0.717) is 6.79 Å². The molecule has 0 spiro atoms. The zero-order valence-electron chi connectivity index (χ0n) is 8.80. The summed E-state index contributed by atoms with van der Waals surface area (Å²) in [7, 11) is 0. The van der Waals surface area contributed by atoms with E-state index >= 15 is 0 Å². The van der Waals surface area contributed by atoms with Crippen LogP contribution in [0.1, 0.15) is 5.56 Å². The quantitative estimate of drug-likeness (QED) is 0.729. The van der Waals surface area contributed by atoms with Crippen molar-refractivity contribution in [2.45, 2.75) is 6.92 Å². The molecule has 1 aromatic heterocycles. The fraction of sp³-hybridized carbons (Fsp3) is 0.167. The van der Waals surface area contributed by atoms with Gasteiger partial charge < -0.3 is 9.47 Å². The van der Waals surface area contributed by atoms with Gasteiger partial charge in [0.15, 0.2) is 11.5 Å².